The smallest absolute Gasteiger partial charge is 0.321 e. The first kappa shape index (κ1) is 15.8. The first-order chi connectivity index (χ1) is 10.0. The zero-order valence-corrected chi connectivity index (χ0v) is 12.6. The Morgan fingerprint density at radius 1 is 1.10 bits per heavy atom. The highest BCUT2D eigenvalue weighted by Gasteiger charge is 2.33. The quantitative estimate of drug-likeness (QED) is 0.671. The summed E-state index contributed by atoms with van der Waals surface area (Å²) in [4.78, 5) is 36.8. The third kappa shape index (κ3) is 4.42. The van der Waals surface area contributed by atoms with E-state index in [0.717, 1.165) is 38.8 Å². The van der Waals surface area contributed by atoms with Crippen LogP contribution in [0, 0.1) is 5.92 Å². The molecule has 1 saturated carbocycles. The van der Waals surface area contributed by atoms with E-state index in [9.17, 15) is 14.4 Å². The van der Waals surface area contributed by atoms with Gasteiger partial charge in [-0.1, -0.05) is 0 Å². The molecule has 1 saturated heterocycles. The summed E-state index contributed by atoms with van der Waals surface area (Å²) >= 11 is 0. The average molecular weight is 296 g/mol. The molecule has 0 bridgehead atoms. The number of hydrogen-bond acceptors (Lipinski definition) is 4. The molecule has 1 unspecified atom stereocenters. The number of carbonyl (C=O) groups excluding carboxylic acids is 3. The Balaban J connectivity index is 1.73. The van der Waals surface area contributed by atoms with Crippen LogP contribution in [0.3, 0.4) is 0 Å². The number of nitrogens with one attached hydrogen (secondary N) is 3. The van der Waals surface area contributed by atoms with E-state index in [1.54, 1.807) is 6.92 Å². The largest absolute Gasteiger partial charge is 0.353 e. The van der Waals surface area contributed by atoms with Crippen molar-refractivity contribution in [1.82, 2.24) is 20.9 Å². The Hall–Kier alpha value is -1.63. The molecule has 7 heteroatoms. The Morgan fingerprint density at radius 3 is 2.24 bits per heavy atom. The molecule has 21 heavy (non-hydrogen) atoms. The number of amides is 4. The van der Waals surface area contributed by atoms with Crippen molar-refractivity contribution in [2.75, 3.05) is 20.1 Å². The fourth-order valence-corrected chi connectivity index (χ4v) is 2.54. The molecule has 1 heterocycles. The van der Waals surface area contributed by atoms with Crippen LogP contribution in [0.2, 0.25) is 0 Å². The van der Waals surface area contributed by atoms with Crippen molar-refractivity contribution in [3.05, 3.63) is 0 Å². The van der Waals surface area contributed by atoms with Crippen LogP contribution in [0.1, 0.15) is 32.6 Å². The van der Waals surface area contributed by atoms with Crippen molar-refractivity contribution in [2.24, 2.45) is 5.92 Å². The summed E-state index contributed by atoms with van der Waals surface area (Å²) in [7, 11) is 1.47. The summed E-state index contributed by atoms with van der Waals surface area (Å²) in [6.45, 7) is 3.29. The van der Waals surface area contributed by atoms with Crippen molar-refractivity contribution in [3.63, 3.8) is 0 Å². The number of carbonyl (C=O) groups is 3. The third-order valence-corrected chi connectivity index (χ3v) is 4.22. The van der Waals surface area contributed by atoms with E-state index in [2.05, 4.69) is 16.0 Å². The minimum Gasteiger partial charge on any atom is -0.353 e. The fourth-order valence-electron chi connectivity index (χ4n) is 2.54. The van der Waals surface area contributed by atoms with Gasteiger partial charge in [-0.2, -0.15) is 0 Å². The summed E-state index contributed by atoms with van der Waals surface area (Å²) in [5.41, 5.74) is 0. The van der Waals surface area contributed by atoms with Gasteiger partial charge in [-0.15, -0.1) is 0 Å². The van der Waals surface area contributed by atoms with Gasteiger partial charge in [-0.25, -0.2) is 4.79 Å². The second-order valence-electron chi connectivity index (χ2n) is 5.84. The Morgan fingerprint density at radius 2 is 1.71 bits per heavy atom. The molecule has 3 N–H and O–H groups in total. The standard InChI is InChI=1S/C14H24N4O3/c1-9(12(19)17-14(21)15-2)18-7-5-11(6-8-18)16-13(20)10-3-4-10/h9-11H,3-8H2,1-2H3,(H,16,20)(H2,15,17,19,21). The first-order valence-corrected chi connectivity index (χ1v) is 7.58. The van der Waals surface area contributed by atoms with Crippen LogP contribution in [-0.2, 0) is 9.59 Å². The molecular weight excluding hydrogens is 272 g/mol. The second-order valence-corrected chi connectivity index (χ2v) is 5.84. The Kier molecular flexibility index (Phi) is 5.17. The Labute approximate surface area is 124 Å². The van der Waals surface area contributed by atoms with Gasteiger partial charge in [0.1, 0.15) is 0 Å². The molecule has 1 aliphatic carbocycles. The molecule has 118 valence electrons. The monoisotopic (exact) mass is 296 g/mol. The lowest BCUT2D eigenvalue weighted by Crippen LogP contribution is -2.53. The zero-order valence-electron chi connectivity index (χ0n) is 12.6. The summed E-state index contributed by atoms with van der Waals surface area (Å²) in [6, 6.07) is -0.621. The van der Waals surface area contributed by atoms with Gasteiger partial charge in [0.05, 0.1) is 6.04 Å². The molecular formula is C14H24N4O3. The minimum atomic E-state index is -0.488. The maximum Gasteiger partial charge on any atom is 0.321 e. The molecule has 2 fully saturated rings. The molecule has 7 nitrogen and oxygen atoms in total. The van der Waals surface area contributed by atoms with Gasteiger partial charge in [0.2, 0.25) is 11.8 Å². The van der Waals surface area contributed by atoms with Crippen LogP contribution < -0.4 is 16.0 Å². The lowest BCUT2D eigenvalue weighted by atomic mass is 10.0. The number of imide groups is 1. The number of hydrogen-bond donors (Lipinski definition) is 3. The predicted molar refractivity (Wildman–Crippen MR) is 77.5 cm³/mol. The van der Waals surface area contributed by atoms with E-state index < -0.39 is 6.03 Å². The summed E-state index contributed by atoms with van der Waals surface area (Å²) in [5, 5.41) is 7.74. The first-order valence-electron chi connectivity index (χ1n) is 7.58. The SMILES string of the molecule is CNC(=O)NC(=O)C(C)N1CCC(NC(=O)C2CC2)CC1. The highest BCUT2D eigenvalue weighted by Crippen LogP contribution is 2.29. The summed E-state index contributed by atoms with van der Waals surface area (Å²) < 4.78 is 0. The Bertz CT molecular complexity index is 414. The molecule has 1 aliphatic heterocycles. The van der Waals surface area contributed by atoms with E-state index in [4.69, 9.17) is 0 Å². The lowest BCUT2D eigenvalue weighted by Gasteiger charge is -2.35. The molecule has 0 spiro atoms. The van der Waals surface area contributed by atoms with Crippen LogP contribution in [0.4, 0.5) is 4.79 Å². The molecule has 4 amide bonds. The van der Waals surface area contributed by atoms with E-state index in [1.165, 1.54) is 7.05 Å². The summed E-state index contributed by atoms with van der Waals surface area (Å²) in [5.74, 6) is 0.119. The molecule has 2 rings (SSSR count). The van der Waals surface area contributed by atoms with Gasteiger partial charge in [0.15, 0.2) is 0 Å². The van der Waals surface area contributed by atoms with Crippen molar-refractivity contribution >= 4 is 17.8 Å². The molecule has 2 aliphatic rings. The van der Waals surface area contributed by atoms with E-state index in [1.807, 2.05) is 4.90 Å². The van der Waals surface area contributed by atoms with Gasteiger partial charge in [0, 0.05) is 32.1 Å². The van der Waals surface area contributed by atoms with Crippen LogP contribution in [0.5, 0.6) is 0 Å². The number of rotatable bonds is 4. The lowest BCUT2D eigenvalue weighted by molar-refractivity contribution is -0.126. The maximum atomic E-state index is 11.9. The van der Waals surface area contributed by atoms with Gasteiger partial charge in [0.25, 0.3) is 0 Å². The van der Waals surface area contributed by atoms with Gasteiger partial charge in [-0.05, 0) is 32.6 Å². The van der Waals surface area contributed by atoms with Crippen LogP contribution in [-0.4, -0.2) is 55.0 Å². The van der Waals surface area contributed by atoms with Gasteiger partial charge in [-0.3, -0.25) is 19.8 Å². The normalized spacial score (nSPS) is 21.4. The summed E-state index contributed by atoms with van der Waals surface area (Å²) in [6.07, 6.45) is 3.72. The minimum absolute atomic E-state index is 0.179. The number of likely N-dealkylation sites (tertiary alicyclic amines) is 1. The topological polar surface area (TPSA) is 90.5 Å². The maximum absolute atomic E-state index is 11.9. The molecule has 0 aromatic heterocycles. The fraction of sp³-hybridized carbons (Fsp3) is 0.786. The van der Waals surface area contributed by atoms with Gasteiger partial charge < -0.3 is 10.6 Å². The zero-order chi connectivity index (χ0) is 15.4. The van der Waals surface area contributed by atoms with E-state index in [0.29, 0.717) is 0 Å². The molecule has 1 atom stereocenters. The second kappa shape index (κ2) is 6.89. The highest BCUT2D eigenvalue weighted by molar-refractivity contribution is 5.96. The van der Waals surface area contributed by atoms with Gasteiger partial charge >= 0.3 is 6.03 Å². The molecule has 0 aromatic carbocycles. The molecule has 0 radical (unpaired) electrons. The van der Waals surface area contributed by atoms with Crippen LogP contribution in [0.25, 0.3) is 0 Å². The highest BCUT2D eigenvalue weighted by atomic mass is 16.2. The molecule has 0 aromatic rings. The number of piperidine rings is 1. The average Bonchev–Trinajstić information content (AvgIpc) is 3.31. The van der Waals surface area contributed by atoms with Crippen LogP contribution in [0.15, 0.2) is 0 Å². The van der Waals surface area contributed by atoms with Crippen molar-refractivity contribution in [2.45, 2.75) is 44.7 Å². The van der Waals surface area contributed by atoms with Crippen molar-refractivity contribution in [3.8, 4) is 0 Å². The van der Waals surface area contributed by atoms with E-state index in [-0.39, 0.29) is 29.8 Å². The van der Waals surface area contributed by atoms with Crippen molar-refractivity contribution < 1.29 is 14.4 Å². The van der Waals surface area contributed by atoms with Crippen LogP contribution >= 0.6 is 0 Å². The number of urea groups is 1. The van der Waals surface area contributed by atoms with E-state index >= 15 is 0 Å². The van der Waals surface area contributed by atoms with Crippen molar-refractivity contribution in [1.29, 1.82) is 0 Å². The predicted octanol–water partition coefficient (Wildman–Crippen LogP) is -0.179. The number of nitrogens with zero attached hydrogens (tertiary/aromatic N) is 1. The third-order valence-electron chi connectivity index (χ3n) is 4.22.